The van der Waals surface area contributed by atoms with Crippen molar-refractivity contribution in [1.82, 2.24) is 9.55 Å². The number of carboxylic acids is 1. The Bertz CT molecular complexity index is 620. The van der Waals surface area contributed by atoms with Crippen LogP contribution in [0.15, 0.2) is 24.0 Å². The molecule has 1 saturated carbocycles. The molecule has 3 heterocycles. The van der Waals surface area contributed by atoms with Crippen molar-refractivity contribution in [2.45, 2.75) is 31.7 Å². The van der Waals surface area contributed by atoms with Crippen LogP contribution < -0.4 is 0 Å². The van der Waals surface area contributed by atoms with Crippen molar-refractivity contribution in [3.63, 3.8) is 0 Å². The van der Waals surface area contributed by atoms with E-state index in [-0.39, 0.29) is 5.92 Å². The van der Waals surface area contributed by atoms with E-state index in [4.69, 9.17) is 0 Å². The van der Waals surface area contributed by atoms with Crippen LogP contribution in [0.5, 0.6) is 0 Å². The second-order valence-corrected chi connectivity index (χ2v) is 6.74. The molecule has 0 unspecified atom stereocenters. The molecule has 1 N–H and O–H groups in total. The number of aliphatic carboxylic acids is 1. The maximum Gasteiger partial charge on any atom is 0.306 e. The number of thiophene rings is 1. The summed E-state index contributed by atoms with van der Waals surface area (Å²) in [5, 5.41) is 11.4. The first kappa shape index (κ1) is 12.1. The normalized spacial score (nSPS) is 28.1. The molecule has 3 atom stereocenters. The van der Waals surface area contributed by atoms with Crippen molar-refractivity contribution >= 4 is 17.3 Å². The number of hydrogen-bond donors (Lipinski definition) is 1. The van der Waals surface area contributed by atoms with E-state index in [2.05, 4.69) is 21.0 Å². The molecule has 5 heteroatoms. The predicted octanol–water partition coefficient (Wildman–Crippen LogP) is 3.41. The van der Waals surface area contributed by atoms with E-state index in [1.54, 1.807) is 11.3 Å². The zero-order chi connectivity index (χ0) is 13.7. The Balaban J connectivity index is 1.71. The Morgan fingerprint density at radius 2 is 2.35 bits per heavy atom. The summed E-state index contributed by atoms with van der Waals surface area (Å²) in [5.74, 6) is -0.396. The van der Waals surface area contributed by atoms with Crippen LogP contribution in [0.2, 0.25) is 0 Å². The maximum absolute atomic E-state index is 11.3. The van der Waals surface area contributed by atoms with E-state index in [0.717, 1.165) is 25.7 Å². The summed E-state index contributed by atoms with van der Waals surface area (Å²) in [6.45, 7) is 0. The molecule has 20 heavy (non-hydrogen) atoms. The van der Waals surface area contributed by atoms with Gasteiger partial charge in [0.05, 0.1) is 30.2 Å². The Morgan fingerprint density at radius 3 is 3.20 bits per heavy atom. The number of aromatic nitrogens is 2. The minimum absolute atomic E-state index is 0.176. The van der Waals surface area contributed by atoms with Crippen molar-refractivity contribution < 1.29 is 9.90 Å². The quantitative estimate of drug-likeness (QED) is 0.921. The molecule has 4 rings (SSSR count). The van der Waals surface area contributed by atoms with Gasteiger partial charge in [0.1, 0.15) is 0 Å². The summed E-state index contributed by atoms with van der Waals surface area (Å²) in [4.78, 5) is 16.9. The summed E-state index contributed by atoms with van der Waals surface area (Å²) in [6.07, 6.45) is 7.56. The summed E-state index contributed by atoms with van der Waals surface area (Å²) in [7, 11) is 0. The Hall–Kier alpha value is -1.62. The zero-order valence-electron chi connectivity index (χ0n) is 11.0. The van der Waals surface area contributed by atoms with Crippen LogP contribution in [0.1, 0.15) is 36.6 Å². The topological polar surface area (TPSA) is 55.1 Å². The Kier molecular flexibility index (Phi) is 2.70. The van der Waals surface area contributed by atoms with Gasteiger partial charge in [0.15, 0.2) is 0 Å². The van der Waals surface area contributed by atoms with E-state index < -0.39 is 5.97 Å². The molecule has 104 valence electrons. The standard InChI is InChI=1S/C15H16N2O2S/c18-15(19)10-3-1-2-9(6-10)13-14-11(4-5-20-14)12-7-16-8-17(12)13/h4-5,7-10,13H,1-3,6H2,(H,18,19)/t9-,10-,13-/m0/s1. The highest BCUT2D eigenvalue weighted by molar-refractivity contribution is 7.10. The maximum atomic E-state index is 11.3. The lowest BCUT2D eigenvalue weighted by molar-refractivity contribution is -0.143. The molecule has 0 bridgehead atoms. The van der Waals surface area contributed by atoms with Gasteiger partial charge in [-0.3, -0.25) is 4.79 Å². The molecule has 1 aliphatic heterocycles. The summed E-state index contributed by atoms with van der Waals surface area (Å²) in [6, 6.07) is 2.45. The third-order valence-corrected chi connectivity index (χ3v) is 5.70. The van der Waals surface area contributed by atoms with E-state index in [0.29, 0.717) is 12.0 Å². The molecule has 0 radical (unpaired) electrons. The van der Waals surface area contributed by atoms with Gasteiger partial charge in [0.2, 0.25) is 0 Å². The molecule has 2 aromatic heterocycles. The lowest BCUT2D eigenvalue weighted by atomic mass is 9.77. The lowest BCUT2D eigenvalue weighted by Crippen LogP contribution is -2.27. The minimum Gasteiger partial charge on any atom is -0.481 e. The fourth-order valence-corrected chi connectivity index (χ4v) is 4.90. The highest BCUT2D eigenvalue weighted by Crippen LogP contribution is 2.49. The van der Waals surface area contributed by atoms with Gasteiger partial charge in [0.25, 0.3) is 0 Å². The fourth-order valence-electron chi connectivity index (χ4n) is 3.80. The third kappa shape index (κ3) is 1.66. The van der Waals surface area contributed by atoms with Crippen molar-refractivity contribution in [2.24, 2.45) is 11.8 Å². The molecule has 1 aliphatic carbocycles. The summed E-state index contributed by atoms with van der Waals surface area (Å²) < 4.78 is 2.25. The minimum atomic E-state index is -0.634. The van der Waals surface area contributed by atoms with Crippen LogP contribution in [0.4, 0.5) is 0 Å². The van der Waals surface area contributed by atoms with E-state index >= 15 is 0 Å². The van der Waals surface area contributed by atoms with Crippen LogP contribution in [0.3, 0.4) is 0 Å². The molecule has 1 fully saturated rings. The smallest absolute Gasteiger partial charge is 0.306 e. The Labute approximate surface area is 121 Å². The molecular weight excluding hydrogens is 272 g/mol. The third-order valence-electron chi connectivity index (χ3n) is 4.72. The molecule has 2 aliphatic rings. The second kappa shape index (κ2) is 4.45. The molecule has 2 aromatic rings. The molecule has 0 spiro atoms. The largest absolute Gasteiger partial charge is 0.481 e. The van der Waals surface area contributed by atoms with Gasteiger partial charge in [-0.05, 0) is 36.6 Å². The van der Waals surface area contributed by atoms with Crippen molar-refractivity contribution in [1.29, 1.82) is 0 Å². The van der Waals surface area contributed by atoms with Crippen molar-refractivity contribution in [2.75, 3.05) is 0 Å². The number of hydrogen-bond acceptors (Lipinski definition) is 3. The number of carboxylic acid groups (broad SMARTS) is 1. The van der Waals surface area contributed by atoms with Crippen molar-refractivity contribution in [3.8, 4) is 11.3 Å². The average Bonchev–Trinajstić information content (AvgIpc) is 3.10. The van der Waals surface area contributed by atoms with Crippen LogP contribution >= 0.6 is 11.3 Å². The molecule has 0 aromatic carbocycles. The van der Waals surface area contributed by atoms with E-state index in [1.807, 2.05) is 12.5 Å². The van der Waals surface area contributed by atoms with Crippen LogP contribution in [0, 0.1) is 11.8 Å². The van der Waals surface area contributed by atoms with Crippen LogP contribution in [-0.2, 0) is 4.79 Å². The number of imidazole rings is 1. The Morgan fingerprint density at radius 1 is 1.45 bits per heavy atom. The first-order valence-corrected chi connectivity index (χ1v) is 7.96. The SMILES string of the molecule is O=C(O)[C@H]1CCC[C@H]([C@H]2c3sccc3-c3cncn32)C1. The van der Waals surface area contributed by atoms with Gasteiger partial charge < -0.3 is 9.67 Å². The second-order valence-electron chi connectivity index (χ2n) is 5.79. The monoisotopic (exact) mass is 288 g/mol. The first-order valence-electron chi connectivity index (χ1n) is 7.08. The lowest BCUT2D eigenvalue weighted by Gasteiger charge is -2.31. The molecule has 0 amide bonds. The molecular formula is C15H16N2O2S. The fraction of sp³-hybridized carbons (Fsp3) is 0.467. The van der Waals surface area contributed by atoms with Gasteiger partial charge >= 0.3 is 5.97 Å². The zero-order valence-corrected chi connectivity index (χ0v) is 11.8. The van der Waals surface area contributed by atoms with Crippen molar-refractivity contribution in [3.05, 3.63) is 28.8 Å². The number of rotatable bonds is 2. The van der Waals surface area contributed by atoms with E-state index in [9.17, 15) is 9.90 Å². The summed E-state index contributed by atoms with van der Waals surface area (Å²) in [5.41, 5.74) is 2.47. The van der Waals surface area contributed by atoms with Gasteiger partial charge in [-0.2, -0.15) is 0 Å². The molecule has 0 saturated heterocycles. The van der Waals surface area contributed by atoms with E-state index in [1.165, 1.54) is 16.1 Å². The number of fused-ring (bicyclic) bond motifs is 3. The van der Waals surface area contributed by atoms with Gasteiger partial charge in [-0.25, -0.2) is 4.98 Å². The first-order chi connectivity index (χ1) is 9.75. The highest BCUT2D eigenvalue weighted by Gasteiger charge is 2.39. The average molecular weight is 288 g/mol. The summed E-state index contributed by atoms with van der Waals surface area (Å²) >= 11 is 1.79. The predicted molar refractivity (Wildman–Crippen MR) is 76.8 cm³/mol. The van der Waals surface area contributed by atoms with Gasteiger partial charge in [-0.15, -0.1) is 11.3 Å². The van der Waals surface area contributed by atoms with Gasteiger partial charge in [-0.1, -0.05) is 6.42 Å². The highest BCUT2D eigenvalue weighted by atomic mass is 32.1. The number of nitrogens with zero attached hydrogens (tertiary/aromatic N) is 2. The van der Waals surface area contributed by atoms with Crippen LogP contribution in [-0.4, -0.2) is 20.6 Å². The van der Waals surface area contributed by atoms with Crippen LogP contribution in [0.25, 0.3) is 11.3 Å². The van der Waals surface area contributed by atoms with Gasteiger partial charge in [0, 0.05) is 10.4 Å². The number of carbonyl (C=O) groups is 1. The molecule has 4 nitrogen and oxygen atoms in total.